The molecule has 1 fully saturated rings. The highest BCUT2D eigenvalue weighted by atomic mass is 16.3. The van der Waals surface area contributed by atoms with Crippen LogP contribution >= 0.6 is 0 Å². The second kappa shape index (κ2) is 8.47. The van der Waals surface area contributed by atoms with Crippen molar-refractivity contribution in [2.45, 2.75) is 51.7 Å². The summed E-state index contributed by atoms with van der Waals surface area (Å²) in [5.74, 6) is 1.72. The smallest absolute Gasteiger partial charge is 0.317 e. The third-order valence-corrected chi connectivity index (χ3v) is 5.12. The fraction of sp³-hybridized carbons (Fsp3) is 0.579. The van der Waals surface area contributed by atoms with Gasteiger partial charge in [-0.1, -0.05) is 6.07 Å². The summed E-state index contributed by atoms with van der Waals surface area (Å²) in [6, 6.07) is 5.95. The van der Waals surface area contributed by atoms with E-state index in [1.54, 1.807) is 0 Å². The number of aliphatic hydroxyl groups excluding tert-OH is 1. The zero-order valence-corrected chi connectivity index (χ0v) is 16.2. The summed E-state index contributed by atoms with van der Waals surface area (Å²) in [7, 11) is 1.88. The fourth-order valence-electron chi connectivity index (χ4n) is 3.59. The van der Waals surface area contributed by atoms with E-state index in [4.69, 9.17) is 0 Å². The van der Waals surface area contributed by atoms with Crippen LogP contribution in [0.2, 0.25) is 0 Å². The van der Waals surface area contributed by atoms with Crippen molar-refractivity contribution in [3.8, 4) is 0 Å². The highest BCUT2D eigenvalue weighted by Crippen LogP contribution is 2.26. The Kier molecular flexibility index (Phi) is 6.05. The molecule has 3 heterocycles. The van der Waals surface area contributed by atoms with Gasteiger partial charge in [-0.2, -0.15) is 0 Å². The molecule has 0 saturated carbocycles. The van der Waals surface area contributed by atoms with Gasteiger partial charge in [0.1, 0.15) is 12.4 Å². The molecule has 0 spiro atoms. The van der Waals surface area contributed by atoms with E-state index in [1.807, 2.05) is 48.6 Å². The highest BCUT2D eigenvalue weighted by molar-refractivity contribution is 5.74. The van der Waals surface area contributed by atoms with Crippen LogP contribution in [0.4, 0.5) is 4.79 Å². The second-order valence-electron chi connectivity index (χ2n) is 7.28. The largest absolute Gasteiger partial charge is 0.388 e. The van der Waals surface area contributed by atoms with Crippen LogP contribution in [0, 0.1) is 6.92 Å². The minimum atomic E-state index is -0.113. The number of nitrogens with zero attached hydrogens (tertiary/aromatic N) is 5. The van der Waals surface area contributed by atoms with Crippen LogP contribution in [-0.2, 0) is 20.1 Å². The van der Waals surface area contributed by atoms with Gasteiger partial charge in [0, 0.05) is 49.9 Å². The van der Waals surface area contributed by atoms with Gasteiger partial charge in [0.25, 0.3) is 0 Å². The van der Waals surface area contributed by atoms with Crippen molar-refractivity contribution < 1.29 is 9.90 Å². The predicted molar refractivity (Wildman–Crippen MR) is 101 cm³/mol. The molecular formula is C19H28N6O2. The normalized spacial score (nSPS) is 16.4. The Morgan fingerprint density at radius 3 is 2.70 bits per heavy atom. The Balaban J connectivity index is 1.50. The molecule has 146 valence electrons. The van der Waals surface area contributed by atoms with Crippen molar-refractivity contribution in [2.24, 2.45) is 7.05 Å². The van der Waals surface area contributed by atoms with Crippen molar-refractivity contribution in [2.75, 3.05) is 13.1 Å². The van der Waals surface area contributed by atoms with Crippen molar-refractivity contribution in [3.05, 3.63) is 41.2 Å². The number of hydrogen-bond donors (Lipinski definition) is 2. The van der Waals surface area contributed by atoms with Gasteiger partial charge in [-0.3, -0.25) is 4.98 Å². The summed E-state index contributed by atoms with van der Waals surface area (Å²) < 4.78 is 1.86. The Hall–Kier alpha value is -2.48. The lowest BCUT2D eigenvalue weighted by atomic mass is 9.96. The minimum absolute atomic E-state index is 0.0235. The van der Waals surface area contributed by atoms with Crippen molar-refractivity contribution in [1.29, 1.82) is 0 Å². The van der Waals surface area contributed by atoms with Crippen LogP contribution in [-0.4, -0.2) is 54.9 Å². The quantitative estimate of drug-likeness (QED) is 0.830. The molecule has 2 aromatic heterocycles. The first-order chi connectivity index (χ1) is 13.0. The maximum atomic E-state index is 12.6. The summed E-state index contributed by atoms with van der Waals surface area (Å²) in [4.78, 5) is 18.9. The average molecular weight is 372 g/mol. The van der Waals surface area contributed by atoms with E-state index in [-0.39, 0.29) is 24.6 Å². The molecule has 1 aliphatic heterocycles. The molecule has 2 aromatic rings. The van der Waals surface area contributed by atoms with Gasteiger partial charge in [-0.25, -0.2) is 4.79 Å². The minimum Gasteiger partial charge on any atom is -0.388 e. The molecule has 3 rings (SSSR count). The van der Waals surface area contributed by atoms with E-state index in [1.165, 1.54) is 0 Å². The van der Waals surface area contributed by atoms with Crippen molar-refractivity contribution in [3.63, 3.8) is 0 Å². The summed E-state index contributed by atoms with van der Waals surface area (Å²) >= 11 is 0. The van der Waals surface area contributed by atoms with E-state index in [9.17, 15) is 9.90 Å². The summed E-state index contributed by atoms with van der Waals surface area (Å²) in [6.45, 7) is 5.24. The molecule has 2 amide bonds. The lowest BCUT2D eigenvalue weighted by molar-refractivity contribution is 0.177. The zero-order chi connectivity index (χ0) is 19.4. The molecule has 0 unspecified atom stereocenters. The third-order valence-electron chi connectivity index (χ3n) is 5.12. The van der Waals surface area contributed by atoms with E-state index in [0.29, 0.717) is 25.3 Å². The Morgan fingerprint density at radius 2 is 2.07 bits per heavy atom. The number of amides is 2. The first-order valence-electron chi connectivity index (χ1n) is 9.45. The average Bonchev–Trinajstić information content (AvgIpc) is 3.02. The van der Waals surface area contributed by atoms with E-state index in [2.05, 4.69) is 20.5 Å². The van der Waals surface area contributed by atoms with E-state index >= 15 is 0 Å². The Bertz CT molecular complexity index is 782. The number of likely N-dealkylation sites (tertiary alicyclic amines) is 1. The summed E-state index contributed by atoms with van der Waals surface area (Å²) in [6.07, 6.45) is 2.41. The molecule has 1 atom stereocenters. The molecule has 0 bridgehead atoms. The van der Waals surface area contributed by atoms with Gasteiger partial charge in [-0.05, 0) is 38.8 Å². The standard InChI is InChI=1S/C19H28N6O2/c1-13-5-4-6-16(20-13)11-14(2)21-19(27)25-9-7-15(8-10-25)18-23-22-17(12-26)24(18)3/h4-6,14-15,26H,7-12H2,1-3H3,(H,21,27)/t14-/m1/s1. The molecule has 1 saturated heterocycles. The number of aliphatic hydroxyl groups is 1. The van der Waals surface area contributed by atoms with E-state index in [0.717, 1.165) is 30.1 Å². The number of pyridine rings is 1. The molecule has 8 heteroatoms. The van der Waals surface area contributed by atoms with Gasteiger partial charge in [-0.15, -0.1) is 10.2 Å². The number of carbonyl (C=O) groups is 1. The number of piperidine rings is 1. The SMILES string of the molecule is Cc1cccc(C[C@@H](C)NC(=O)N2CCC(c3nnc(CO)n3C)CC2)n1. The van der Waals surface area contributed by atoms with Gasteiger partial charge in [0.05, 0.1) is 0 Å². The summed E-state index contributed by atoms with van der Waals surface area (Å²) in [5.41, 5.74) is 1.98. The Labute approximate surface area is 159 Å². The lowest BCUT2D eigenvalue weighted by Crippen LogP contribution is -2.47. The van der Waals surface area contributed by atoms with Crippen LogP contribution in [0.3, 0.4) is 0 Å². The van der Waals surface area contributed by atoms with E-state index < -0.39 is 0 Å². The number of nitrogens with one attached hydrogen (secondary N) is 1. The zero-order valence-electron chi connectivity index (χ0n) is 16.2. The van der Waals surface area contributed by atoms with Crippen LogP contribution in [0.5, 0.6) is 0 Å². The molecular weight excluding hydrogens is 344 g/mol. The molecule has 27 heavy (non-hydrogen) atoms. The molecule has 0 aromatic carbocycles. The first kappa shape index (κ1) is 19.3. The molecule has 1 aliphatic rings. The van der Waals surface area contributed by atoms with Crippen LogP contribution < -0.4 is 5.32 Å². The maximum Gasteiger partial charge on any atom is 0.317 e. The molecule has 0 radical (unpaired) electrons. The highest BCUT2D eigenvalue weighted by Gasteiger charge is 2.27. The van der Waals surface area contributed by atoms with Crippen LogP contribution in [0.15, 0.2) is 18.2 Å². The second-order valence-corrected chi connectivity index (χ2v) is 7.28. The van der Waals surface area contributed by atoms with Gasteiger partial charge in [0.15, 0.2) is 5.82 Å². The van der Waals surface area contributed by atoms with Gasteiger partial charge >= 0.3 is 6.03 Å². The monoisotopic (exact) mass is 372 g/mol. The lowest BCUT2D eigenvalue weighted by Gasteiger charge is -2.32. The van der Waals surface area contributed by atoms with Crippen LogP contribution in [0.1, 0.15) is 48.7 Å². The number of aromatic nitrogens is 4. The number of aryl methyl sites for hydroxylation is 1. The predicted octanol–water partition coefficient (Wildman–Crippen LogP) is 1.53. The van der Waals surface area contributed by atoms with Crippen molar-refractivity contribution >= 4 is 6.03 Å². The summed E-state index contributed by atoms with van der Waals surface area (Å²) in [5, 5.41) is 20.6. The number of rotatable bonds is 5. The number of urea groups is 1. The fourth-order valence-corrected chi connectivity index (χ4v) is 3.59. The first-order valence-corrected chi connectivity index (χ1v) is 9.45. The molecule has 2 N–H and O–H groups in total. The number of carbonyl (C=O) groups excluding carboxylic acids is 1. The van der Waals surface area contributed by atoms with Gasteiger partial charge < -0.3 is 19.9 Å². The van der Waals surface area contributed by atoms with Crippen molar-refractivity contribution in [1.82, 2.24) is 30.0 Å². The maximum absolute atomic E-state index is 12.6. The topological polar surface area (TPSA) is 96.2 Å². The molecule has 8 nitrogen and oxygen atoms in total. The van der Waals surface area contributed by atoms with Crippen LogP contribution in [0.25, 0.3) is 0 Å². The molecule has 0 aliphatic carbocycles. The van der Waals surface area contributed by atoms with Gasteiger partial charge in [0.2, 0.25) is 0 Å². The number of hydrogen-bond acceptors (Lipinski definition) is 5. The third kappa shape index (κ3) is 4.63. The Morgan fingerprint density at radius 1 is 1.33 bits per heavy atom.